The monoisotopic (exact) mass is 251 g/mol. The quantitative estimate of drug-likeness (QED) is 0.897. The number of nitrogens with one attached hydrogen (secondary N) is 1. The van der Waals surface area contributed by atoms with Crippen molar-refractivity contribution >= 4 is 5.82 Å². The first kappa shape index (κ1) is 12.7. The van der Waals surface area contributed by atoms with E-state index in [1.165, 1.54) is 6.20 Å². The van der Waals surface area contributed by atoms with Crippen LogP contribution in [-0.4, -0.2) is 17.5 Å². The van der Waals surface area contributed by atoms with Gasteiger partial charge in [0.2, 0.25) is 5.92 Å². The fraction of sp³-hybridized carbons (Fsp3) is 0.538. The van der Waals surface area contributed by atoms with Crippen LogP contribution >= 0.6 is 0 Å². The number of rotatable bonds is 3. The van der Waals surface area contributed by atoms with Gasteiger partial charge in [0.05, 0.1) is 5.56 Å². The second kappa shape index (κ2) is 5.30. The Morgan fingerprint density at radius 2 is 2.11 bits per heavy atom. The van der Waals surface area contributed by atoms with E-state index in [0.29, 0.717) is 30.8 Å². The van der Waals surface area contributed by atoms with Crippen LogP contribution in [0.2, 0.25) is 0 Å². The normalized spacial score (nSPS) is 19.2. The van der Waals surface area contributed by atoms with Crippen LogP contribution in [-0.2, 0) is 0 Å². The first-order valence-electron chi connectivity index (χ1n) is 6.07. The molecule has 0 saturated heterocycles. The third-order valence-electron chi connectivity index (χ3n) is 3.30. The minimum atomic E-state index is -2.47. The third-order valence-corrected chi connectivity index (χ3v) is 3.30. The maximum atomic E-state index is 13.0. The molecule has 0 amide bonds. The summed E-state index contributed by atoms with van der Waals surface area (Å²) in [5, 5.41) is 11.8. The van der Waals surface area contributed by atoms with E-state index in [2.05, 4.69) is 10.3 Å². The summed E-state index contributed by atoms with van der Waals surface area (Å²) in [6.07, 6.45) is 2.57. The molecule has 1 saturated carbocycles. The summed E-state index contributed by atoms with van der Waals surface area (Å²) in [7, 11) is 0. The molecule has 0 atom stereocenters. The molecule has 1 aromatic heterocycles. The van der Waals surface area contributed by atoms with Gasteiger partial charge in [-0.3, -0.25) is 0 Å². The Hall–Kier alpha value is -1.70. The van der Waals surface area contributed by atoms with Crippen molar-refractivity contribution < 1.29 is 8.78 Å². The van der Waals surface area contributed by atoms with Gasteiger partial charge in [0.15, 0.2) is 0 Å². The predicted octanol–water partition coefficient (Wildman–Crippen LogP) is 3.19. The van der Waals surface area contributed by atoms with Gasteiger partial charge < -0.3 is 5.32 Å². The molecular formula is C13H15F2N3. The van der Waals surface area contributed by atoms with Crippen LogP contribution in [0.3, 0.4) is 0 Å². The zero-order valence-electron chi connectivity index (χ0n) is 10.00. The van der Waals surface area contributed by atoms with Crippen molar-refractivity contribution in [1.82, 2.24) is 4.98 Å². The number of nitriles is 1. The van der Waals surface area contributed by atoms with Crippen LogP contribution in [0, 0.1) is 17.2 Å². The summed E-state index contributed by atoms with van der Waals surface area (Å²) in [5.74, 6) is -1.50. The van der Waals surface area contributed by atoms with E-state index >= 15 is 0 Å². The topological polar surface area (TPSA) is 48.7 Å². The summed E-state index contributed by atoms with van der Waals surface area (Å²) in [6.45, 7) is 0.662. The molecule has 96 valence electrons. The molecule has 1 aliphatic carbocycles. The molecule has 0 aromatic carbocycles. The molecule has 1 aliphatic rings. The average Bonchev–Trinajstić information content (AvgIpc) is 2.38. The number of alkyl halides is 2. The van der Waals surface area contributed by atoms with Crippen molar-refractivity contribution in [2.24, 2.45) is 5.92 Å². The molecule has 1 N–H and O–H groups in total. The lowest BCUT2D eigenvalue weighted by Gasteiger charge is -2.28. The second-order valence-corrected chi connectivity index (χ2v) is 4.72. The first-order chi connectivity index (χ1) is 8.59. The summed E-state index contributed by atoms with van der Waals surface area (Å²) < 4.78 is 25.9. The van der Waals surface area contributed by atoms with E-state index in [9.17, 15) is 8.78 Å². The summed E-state index contributed by atoms with van der Waals surface area (Å²) in [6, 6.07) is 5.41. The Morgan fingerprint density at radius 1 is 1.39 bits per heavy atom. The Morgan fingerprint density at radius 3 is 2.67 bits per heavy atom. The summed E-state index contributed by atoms with van der Waals surface area (Å²) in [4.78, 5) is 4.08. The SMILES string of the molecule is N#Cc1ccc(NCC2CCC(F)(F)CC2)nc1. The van der Waals surface area contributed by atoms with Crippen LogP contribution in [0.4, 0.5) is 14.6 Å². The fourth-order valence-electron chi connectivity index (χ4n) is 2.12. The molecule has 5 heteroatoms. The second-order valence-electron chi connectivity index (χ2n) is 4.72. The lowest BCUT2D eigenvalue weighted by molar-refractivity contribution is -0.0443. The molecule has 1 aromatic rings. The highest BCUT2D eigenvalue weighted by Gasteiger charge is 2.34. The molecule has 0 unspecified atom stereocenters. The molecule has 18 heavy (non-hydrogen) atoms. The van der Waals surface area contributed by atoms with Crippen LogP contribution in [0.15, 0.2) is 18.3 Å². The van der Waals surface area contributed by atoms with Crippen LogP contribution in [0.1, 0.15) is 31.2 Å². The molecule has 1 heterocycles. The lowest BCUT2D eigenvalue weighted by atomic mass is 9.87. The predicted molar refractivity (Wildman–Crippen MR) is 64.3 cm³/mol. The Labute approximate surface area is 105 Å². The number of hydrogen-bond donors (Lipinski definition) is 1. The van der Waals surface area contributed by atoms with Crippen molar-refractivity contribution in [3.63, 3.8) is 0 Å². The molecule has 0 spiro atoms. The number of halogens is 2. The number of nitrogens with zero attached hydrogens (tertiary/aromatic N) is 2. The zero-order chi connectivity index (χ0) is 13.0. The Bertz CT molecular complexity index is 427. The van der Waals surface area contributed by atoms with E-state index in [0.717, 1.165) is 0 Å². The van der Waals surface area contributed by atoms with E-state index in [4.69, 9.17) is 5.26 Å². The number of anilines is 1. The van der Waals surface area contributed by atoms with Gasteiger partial charge in [0, 0.05) is 25.6 Å². The highest BCUT2D eigenvalue weighted by atomic mass is 19.3. The van der Waals surface area contributed by atoms with E-state index in [1.807, 2.05) is 6.07 Å². The molecule has 1 fully saturated rings. The first-order valence-corrected chi connectivity index (χ1v) is 6.07. The van der Waals surface area contributed by atoms with Gasteiger partial charge in [-0.15, -0.1) is 0 Å². The molecule has 2 rings (SSSR count). The Kier molecular flexibility index (Phi) is 3.75. The molecule has 0 bridgehead atoms. The largest absolute Gasteiger partial charge is 0.370 e. The summed E-state index contributed by atoms with van der Waals surface area (Å²) >= 11 is 0. The number of aromatic nitrogens is 1. The van der Waals surface area contributed by atoms with E-state index in [1.54, 1.807) is 12.1 Å². The smallest absolute Gasteiger partial charge is 0.248 e. The highest BCUT2D eigenvalue weighted by Crippen LogP contribution is 2.35. The van der Waals surface area contributed by atoms with Gasteiger partial charge >= 0.3 is 0 Å². The van der Waals surface area contributed by atoms with Crippen molar-refractivity contribution in [1.29, 1.82) is 5.26 Å². The maximum Gasteiger partial charge on any atom is 0.248 e. The zero-order valence-corrected chi connectivity index (χ0v) is 10.00. The van der Waals surface area contributed by atoms with Gasteiger partial charge in [-0.25, -0.2) is 13.8 Å². The molecule has 3 nitrogen and oxygen atoms in total. The van der Waals surface area contributed by atoms with Crippen molar-refractivity contribution in [3.05, 3.63) is 23.9 Å². The fourth-order valence-corrected chi connectivity index (χ4v) is 2.12. The lowest BCUT2D eigenvalue weighted by Crippen LogP contribution is -2.28. The highest BCUT2D eigenvalue weighted by molar-refractivity contribution is 5.38. The van der Waals surface area contributed by atoms with Gasteiger partial charge in [-0.05, 0) is 30.9 Å². The van der Waals surface area contributed by atoms with Gasteiger partial charge in [-0.1, -0.05) is 0 Å². The van der Waals surface area contributed by atoms with Crippen molar-refractivity contribution in [3.8, 4) is 6.07 Å². The minimum absolute atomic E-state index is 0.0137. The van der Waals surface area contributed by atoms with Gasteiger partial charge in [0.1, 0.15) is 11.9 Å². The number of pyridine rings is 1. The van der Waals surface area contributed by atoms with E-state index < -0.39 is 5.92 Å². The molecule has 0 radical (unpaired) electrons. The van der Waals surface area contributed by atoms with E-state index in [-0.39, 0.29) is 18.8 Å². The molecule has 0 aliphatic heterocycles. The van der Waals surface area contributed by atoms with Crippen LogP contribution in [0.25, 0.3) is 0 Å². The van der Waals surface area contributed by atoms with Crippen LogP contribution < -0.4 is 5.32 Å². The average molecular weight is 251 g/mol. The van der Waals surface area contributed by atoms with Crippen LogP contribution in [0.5, 0.6) is 0 Å². The summed E-state index contributed by atoms with van der Waals surface area (Å²) in [5.41, 5.74) is 0.512. The van der Waals surface area contributed by atoms with Gasteiger partial charge in [-0.2, -0.15) is 5.26 Å². The third kappa shape index (κ3) is 3.39. The minimum Gasteiger partial charge on any atom is -0.370 e. The van der Waals surface area contributed by atoms with Crippen molar-refractivity contribution in [2.75, 3.05) is 11.9 Å². The maximum absolute atomic E-state index is 13.0. The number of hydrogen-bond acceptors (Lipinski definition) is 3. The molecular weight excluding hydrogens is 236 g/mol. The van der Waals surface area contributed by atoms with Crippen molar-refractivity contribution in [2.45, 2.75) is 31.6 Å². The standard InChI is InChI=1S/C13H15F2N3/c14-13(15)5-3-10(4-6-13)8-17-12-2-1-11(7-16)9-18-12/h1-2,9-10H,3-6,8H2,(H,17,18). The van der Waals surface area contributed by atoms with Gasteiger partial charge in [0.25, 0.3) is 0 Å². The Balaban J connectivity index is 1.80.